The Bertz CT molecular complexity index is 476. The number of hydrogen-bond acceptors (Lipinski definition) is 0. The summed E-state index contributed by atoms with van der Waals surface area (Å²) in [4.78, 5) is 0. The zero-order chi connectivity index (χ0) is 20.6. The molecule has 0 aromatic heterocycles. The number of benzene rings is 1. The fraction of sp³-hybridized carbons (Fsp3) is 0.750. The average molecular weight is 395 g/mol. The van der Waals surface area contributed by atoms with Crippen molar-refractivity contribution in [3.63, 3.8) is 0 Å². The zero-order valence-electron chi connectivity index (χ0n) is 19.6. The van der Waals surface area contributed by atoms with E-state index in [9.17, 15) is 0 Å². The maximum absolute atomic E-state index is 2.41. The van der Waals surface area contributed by atoms with Crippen LogP contribution in [0.25, 0.3) is 0 Å². The Labute approximate surface area is 167 Å². The molecule has 0 fully saturated rings. The molecule has 0 aliphatic heterocycles. The van der Waals surface area contributed by atoms with Gasteiger partial charge in [-0.15, -0.1) is 0 Å². The van der Waals surface area contributed by atoms with Gasteiger partial charge < -0.3 is 0 Å². The van der Waals surface area contributed by atoms with Crippen LogP contribution >= 0.6 is 15.8 Å². The predicted molar refractivity (Wildman–Crippen MR) is 127 cm³/mol. The molecule has 0 aliphatic carbocycles. The molecule has 0 saturated heterocycles. The third kappa shape index (κ3) is 7.24. The first-order chi connectivity index (χ1) is 11.4. The molecule has 0 N–H and O–H groups in total. The molecule has 0 heterocycles. The predicted octanol–water partition coefficient (Wildman–Crippen LogP) is 8.84. The summed E-state index contributed by atoms with van der Waals surface area (Å²) in [6.45, 7) is 29.0. The van der Waals surface area contributed by atoms with Crippen molar-refractivity contribution in [1.29, 1.82) is 0 Å². The lowest BCUT2D eigenvalue weighted by molar-refractivity contribution is 0.701. The van der Waals surface area contributed by atoms with E-state index in [1.54, 1.807) is 0 Å². The molecule has 0 aliphatic rings. The minimum absolute atomic E-state index is 0.0784. The quantitative estimate of drug-likeness (QED) is 0.447. The highest BCUT2D eigenvalue weighted by molar-refractivity contribution is 7.60. The Kier molecular flexibility index (Phi) is 7.62. The molecule has 0 unspecified atom stereocenters. The van der Waals surface area contributed by atoms with Gasteiger partial charge in [0, 0.05) is 0 Å². The highest BCUT2D eigenvalue weighted by atomic mass is 31.1. The van der Waals surface area contributed by atoms with E-state index in [0.717, 1.165) is 0 Å². The summed E-state index contributed by atoms with van der Waals surface area (Å²) in [5.74, 6) is 0. The van der Waals surface area contributed by atoms with E-state index >= 15 is 0 Å². The van der Waals surface area contributed by atoms with Crippen LogP contribution in [0.1, 0.15) is 94.2 Å². The summed E-state index contributed by atoms with van der Waals surface area (Å²) in [7, 11) is -0.157. The van der Waals surface area contributed by atoms with Crippen LogP contribution in [0.2, 0.25) is 0 Å². The van der Waals surface area contributed by atoms with Gasteiger partial charge >= 0.3 is 0 Å². The molecule has 1 rings (SSSR count). The van der Waals surface area contributed by atoms with Gasteiger partial charge in [-0.3, -0.25) is 0 Å². The van der Waals surface area contributed by atoms with E-state index in [-0.39, 0.29) is 15.8 Å². The molecule has 2 heteroatoms. The van der Waals surface area contributed by atoms with E-state index in [1.165, 1.54) is 23.5 Å². The molecule has 1 aromatic carbocycles. The normalized spacial score (nSPS) is 14.4. The Hall–Kier alpha value is 0.0800. The minimum Gasteiger partial charge on any atom is -0.0911 e. The van der Waals surface area contributed by atoms with E-state index in [0.29, 0.717) is 20.6 Å². The van der Waals surface area contributed by atoms with Gasteiger partial charge in [-0.2, -0.15) is 0 Å². The minimum atomic E-state index is -0.0784. The van der Waals surface area contributed by atoms with E-state index in [1.807, 2.05) is 0 Å². The molecule has 0 bridgehead atoms. The van der Waals surface area contributed by atoms with Gasteiger partial charge in [-0.05, 0) is 44.1 Å². The van der Waals surface area contributed by atoms with E-state index in [4.69, 9.17) is 0 Å². The largest absolute Gasteiger partial charge is 0.0911 e. The highest BCUT2D eigenvalue weighted by Gasteiger charge is 2.35. The molecule has 0 amide bonds. The van der Waals surface area contributed by atoms with Crippen LogP contribution in [-0.4, -0.2) is 20.6 Å². The van der Waals surface area contributed by atoms with Crippen molar-refractivity contribution in [2.24, 2.45) is 0 Å². The van der Waals surface area contributed by atoms with E-state index < -0.39 is 0 Å². The summed E-state index contributed by atoms with van der Waals surface area (Å²) in [6.07, 6.45) is 2.46. The molecule has 1 aromatic rings. The lowest BCUT2D eigenvalue weighted by Gasteiger charge is -2.42. The standard InChI is InChI=1S/C24H44P2/c1-21(2,3)25(22(4,5)6)17-19-13-15-20(16-14-19)18-26(23(7,8)9)24(10,11)12/h13-16H,17-18H2,1-12H3. The second-order valence-electron chi connectivity index (χ2n) is 11.7. The average Bonchev–Trinajstić information content (AvgIpc) is 2.38. The summed E-state index contributed by atoms with van der Waals surface area (Å²) < 4.78 is 0. The van der Waals surface area contributed by atoms with Crippen molar-refractivity contribution < 1.29 is 0 Å². The molecule has 0 spiro atoms. The van der Waals surface area contributed by atoms with Gasteiger partial charge in [-0.25, -0.2) is 0 Å². The Balaban J connectivity index is 2.98. The van der Waals surface area contributed by atoms with Crippen LogP contribution in [-0.2, 0) is 12.3 Å². The second kappa shape index (κ2) is 8.21. The third-order valence-corrected chi connectivity index (χ3v) is 12.8. The summed E-state index contributed by atoms with van der Waals surface area (Å²) in [5, 5.41) is 1.55. The zero-order valence-corrected chi connectivity index (χ0v) is 21.4. The maximum Gasteiger partial charge on any atom is -0.00637 e. The SMILES string of the molecule is CC(C)(C)P(Cc1ccc(CP(C(C)(C)C)C(C)(C)C)cc1)C(C)(C)C. The fourth-order valence-electron chi connectivity index (χ4n) is 4.08. The van der Waals surface area contributed by atoms with Gasteiger partial charge in [0.25, 0.3) is 0 Å². The molecular formula is C24H44P2. The van der Waals surface area contributed by atoms with Crippen molar-refractivity contribution in [2.45, 2.75) is 116 Å². The highest BCUT2D eigenvalue weighted by Crippen LogP contribution is 2.62. The van der Waals surface area contributed by atoms with Crippen LogP contribution < -0.4 is 0 Å². The maximum atomic E-state index is 2.41. The molecular weight excluding hydrogens is 350 g/mol. The first kappa shape index (κ1) is 24.1. The summed E-state index contributed by atoms with van der Waals surface area (Å²) in [6, 6.07) is 9.62. The van der Waals surface area contributed by atoms with Crippen LogP contribution in [0, 0.1) is 0 Å². The lowest BCUT2D eigenvalue weighted by atomic mass is 10.2. The van der Waals surface area contributed by atoms with Crippen LogP contribution in [0.3, 0.4) is 0 Å². The van der Waals surface area contributed by atoms with Crippen molar-refractivity contribution in [3.05, 3.63) is 35.4 Å². The van der Waals surface area contributed by atoms with Crippen LogP contribution in [0.5, 0.6) is 0 Å². The van der Waals surface area contributed by atoms with Gasteiger partial charge in [0.15, 0.2) is 0 Å². The van der Waals surface area contributed by atoms with Gasteiger partial charge in [0.1, 0.15) is 0 Å². The number of hydrogen-bond donors (Lipinski definition) is 0. The van der Waals surface area contributed by atoms with Gasteiger partial charge in [0.05, 0.1) is 0 Å². The van der Waals surface area contributed by atoms with Crippen LogP contribution in [0.15, 0.2) is 24.3 Å². The second-order valence-corrected chi connectivity index (χ2v) is 19.4. The van der Waals surface area contributed by atoms with E-state index in [2.05, 4.69) is 107 Å². The molecule has 0 nitrogen and oxygen atoms in total. The first-order valence-corrected chi connectivity index (χ1v) is 13.1. The third-order valence-electron chi connectivity index (χ3n) is 4.94. The monoisotopic (exact) mass is 394 g/mol. The van der Waals surface area contributed by atoms with Crippen molar-refractivity contribution in [3.8, 4) is 0 Å². The van der Waals surface area contributed by atoms with Crippen molar-refractivity contribution >= 4 is 15.8 Å². The Morgan fingerprint density at radius 2 is 0.654 bits per heavy atom. The Morgan fingerprint density at radius 3 is 0.808 bits per heavy atom. The van der Waals surface area contributed by atoms with Crippen LogP contribution in [0.4, 0.5) is 0 Å². The molecule has 150 valence electrons. The molecule has 0 saturated carbocycles. The molecule has 0 radical (unpaired) electrons. The lowest BCUT2D eigenvalue weighted by Crippen LogP contribution is -2.26. The molecule has 26 heavy (non-hydrogen) atoms. The fourth-order valence-corrected chi connectivity index (χ4v) is 11.2. The smallest absolute Gasteiger partial charge is 0.00637 e. The first-order valence-electron chi connectivity index (χ1n) is 10.1. The van der Waals surface area contributed by atoms with Gasteiger partial charge in [-0.1, -0.05) is 123 Å². The topological polar surface area (TPSA) is 0 Å². The van der Waals surface area contributed by atoms with Crippen molar-refractivity contribution in [2.75, 3.05) is 0 Å². The van der Waals surface area contributed by atoms with Gasteiger partial charge in [0.2, 0.25) is 0 Å². The summed E-state index contributed by atoms with van der Waals surface area (Å²) in [5.41, 5.74) is 3.03. The Morgan fingerprint density at radius 1 is 0.462 bits per heavy atom. The molecule has 0 atom stereocenters. The number of rotatable bonds is 4. The summed E-state index contributed by atoms with van der Waals surface area (Å²) >= 11 is 0. The van der Waals surface area contributed by atoms with Crippen molar-refractivity contribution in [1.82, 2.24) is 0 Å².